The van der Waals surface area contributed by atoms with Gasteiger partial charge in [-0.1, -0.05) is 20.8 Å². The van der Waals surface area contributed by atoms with Crippen molar-refractivity contribution >= 4 is 5.91 Å². The first-order valence-electron chi connectivity index (χ1n) is 6.94. The molecule has 0 bridgehead atoms. The molecular weight excluding hydrogens is 230 g/mol. The summed E-state index contributed by atoms with van der Waals surface area (Å²) < 4.78 is 11.0. The normalized spacial score (nSPS) is 18.1. The van der Waals surface area contributed by atoms with Crippen LogP contribution in [0.15, 0.2) is 0 Å². The van der Waals surface area contributed by atoms with E-state index in [-0.39, 0.29) is 17.4 Å². The number of likely N-dealkylation sites (tertiary alicyclic amines) is 1. The molecule has 1 saturated heterocycles. The highest BCUT2D eigenvalue weighted by Gasteiger charge is 2.30. The Bertz CT molecular complexity index is 252. The Hall–Kier alpha value is -0.610. The molecule has 0 aromatic heterocycles. The van der Waals surface area contributed by atoms with E-state index in [1.165, 1.54) is 0 Å². The van der Waals surface area contributed by atoms with Gasteiger partial charge in [-0.2, -0.15) is 0 Å². The van der Waals surface area contributed by atoms with Gasteiger partial charge in [0.15, 0.2) is 0 Å². The zero-order valence-electron chi connectivity index (χ0n) is 12.2. The average molecular weight is 257 g/mol. The Morgan fingerprint density at radius 3 is 2.33 bits per heavy atom. The van der Waals surface area contributed by atoms with Crippen LogP contribution in [0.5, 0.6) is 0 Å². The minimum absolute atomic E-state index is 0.246. The maximum absolute atomic E-state index is 12.1. The molecule has 0 N–H and O–H groups in total. The molecule has 106 valence electrons. The van der Waals surface area contributed by atoms with E-state index in [1.807, 2.05) is 32.6 Å². The third-order valence-corrected chi connectivity index (χ3v) is 3.16. The van der Waals surface area contributed by atoms with Crippen LogP contribution in [0.25, 0.3) is 0 Å². The van der Waals surface area contributed by atoms with Gasteiger partial charge in [0.25, 0.3) is 0 Å². The van der Waals surface area contributed by atoms with Crippen LogP contribution < -0.4 is 0 Å². The van der Waals surface area contributed by atoms with E-state index in [4.69, 9.17) is 9.47 Å². The maximum atomic E-state index is 12.1. The lowest BCUT2D eigenvalue weighted by molar-refractivity contribution is -0.142. The van der Waals surface area contributed by atoms with E-state index in [2.05, 4.69) is 0 Å². The first-order valence-corrected chi connectivity index (χ1v) is 6.94. The SMILES string of the molecule is CCOCCOC1CCN(C(=O)C(C)(C)C)CC1. The van der Waals surface area contributed by atoms with Crippen molar-refractivity contribution in [2.75, 3.05) is 32.9 Å². The third-order valence-electron chi connectivity index (χ3n) is 3.16. The molecule has 1 amide bonds. The van der Waals surface area contributed by atoms with Gasteiger partial charge in [0.2, 0.25) is 5.91 Å². The standard InChI is InChI=1S/C14H27NO3/c1-5-17-10-11-18-12-6-8-15(9-7-12)13(16)14(2,3)4/h12H,5-11H2,1-4H3. The molecule has 0 spiro atoms. The highest BCUT2D eigenvalue weighted by molar-refractivity contribution is 5.81. The molecule has 1 heterocycles. The van der Waals surface area contributed by atoms with Crippen LogP contribution in [-0.4, -0.2) is 49.8 Å². The van der Waals surface area contributed by atoms with Gasteiger partial charge >= 0.3 is 0 Å². The van der Waals surface area contributed by atoms with Gasteiger partial charge in [0.1, 0.15) is 0 Å². The molecule has 18 heavy (non-hydrogen) atoms. The fraction of sp³-hybridized carbons (Fsp3) is 0.929. The zero-order valence-corrected chi connectivity index (χ0v) is 12.2. The number of carbonyl (C=O) groups excluding carboxylic acids is 1. The van der Waals surface area contributed by atoms with E-state index < -0.39 is 0 Å². The van der Waals surface area contributed by atoms with Gasteiger partial charge in [-0.15, -0.1) is 0 Å². The lowest BCUT2D eigenvalue weighted by atomic mass is 9.93. The summed E-state index contributed by atoms with van der Waals surface area (Å²) in [5.74, 6) is 0.246. The van der Waals surface area contributed by atoms with Crippen LogP contribution in [0.3, 0.4) is 0 Å². The van der Waals surface area contributed by atoms with Crippen LogP contribution in [0, 0.1) is 5.41 Å². The fourth-order valence-electron chi connectivity index (χ4n) is 2.12. The number of ether oxygens (including phenoxy) is 2. The van der Waals surface area contributed by atoms with E-state index >= 15 is 0 Å². The van der Waals surface area contributed by atoms with Crippen molar-refractivity contribution < 1.29 is 14.3 Å². The van der Waals surface area contributed by atoms with E-state index in [0.717, 1.165) is 32.5 Å². The predicted octanol–water partition coefficient (Wildman–Crippen LogP) is 2.08. The van der Waals surface area contributed by atoms with Crippen LogP contribution in [-0.2, 0) is 14.3 Å². The van der Waals surface area contributed by atoms with Crippen LogP contribution in [0.2, 0.25) is 0 Å². The number of piperidine rings is 1. The van der Waals surface area contributed by atoms with Crippen molar-refractivity contribution in [1.29, 1.82) is 0 Å². The fourth-order valence-corrected chi connectivity index (χ4v) is 2.12. The lowest BCUT2D eigenvalue weighted by Gasteiger charge is -2.35. The lowest BCUT2D eigenvalue weighted by Crippen LogP contribution is -2.45. The summed E-state index contributed by atoms with van der Waals surface area (Å²) in [7, 11) is 0. The Morgan fingerprint density at radius 2 is 1.83 bits per heavy atom. The number of hydrogen-bond acceptors (Lipinski definition) is 3. The van der Waals surface area contributed by atoms with Gasteiger partial charge in [0, 0.05) is 25.1 Å². The molecule has 1 fully saturated rings. The van der Waals surface area contributed by atoms with Crippen LogP contribution in [0.4, 0.5) is 0 Å². The minimum Gasteiger partial charge on any atom is -0.379 e. The molecule has 4 nitrogen and oxygen atoms in total. The van der Waals surface area contributed by atoms with Crippen molar-refractivity contribution in [2.45, 2.75) is 46.6 Å². The molecule has 0 aliphatic carbocycles. The number of rotatable bonds is 5. The molecule has 0 aromatic carbocycles. The molecule has 1 rings (SSSR count). The molecular formula is C14H27NO3. The Morgan fingerprint density at radius 1 is 1.22 bits per heavy atom. The minimum atomic E-state index is -0.275. The first-order chi connectivity index (χ1) is 8.45. The van der Waals surface area contributed by atoms with Gasteiger partial charge in [-0.3, -0.25) is 4.79 Å². The second kappa shape index (κ2) is 7.10. The Kier molecular flexibility index (Phi) is 6.09. The first kappa shape index (κ1) is 15.4. The van der Waals surface area contributed by atoms with Crippen molar-refractivity contribution in [2.24, 2.45) is 5.41 Å². The highest BCUT2D eigenvalue weighted by atomic mass is 16.5. The third kappa shape index (κ3) is 4.94. The summed E-state index contributed by atoms with van der Waals surface area (Å²) in [6.07, 6.45) is 2.16. The molecule has 0 aromatic rings. The second-order valence-electron chi connectivity index (χ2n) is 5.81. The quantitative estimate of drug-likeness (QED) is 0.708. The molecule has 1 aliphatic rings. The summed E-state index contributed by atoms with van der Waals surface area (Å²) in [5.41, 5.74) is -0.275. The largest absolute Gasteiger partial charge is 0.379 e. The highest BCUT2D eigenvalue weighted by Crippen LogP contribution is 2.21. The molecule has 0 radical (unpaired) electrons. The van der Waals surface area contributed by atoms with E-state index in [1.54, 1.807) is 0 Å². The van der Waals surface area contributed by atoms with Crippen molar-refractivity contribution in [3.63, 3.8) is 0 Å². The molecule has 0 atom stereocenters. The van der Waals surface area contributed by atoms with Gasteiger partial charge in [0.05, 0.1) is 19.3 Å². The monoisotopic (exact) mass is 257 g/mol. The summed E-state index contributed by atoms with van der Waals surface area (Å²) >= 11 is 0. The molecule has 0 unspecified atom stereocenters. The summed E-state index contributed by atoms with van der Waals surface area (Å²) in [6, 6.07) is 0. The Labute approximate surface area is 111 Å². The van der Waals surface area contributed by atoms with Gasteiger partial charge in [-0.05, 0) is 19.8 Å². The van der Waals surface area contributed by atoms with Gasteiger partial charge in [-0.25, -0.2) is 0 Å². The number of carbonyl (C=O) groups is 1. The summed E-state index contributed by atoms with van der Waals surface area (Å²) in [4.78, 5) is 14.1. The Balaban J connectivity index is 2.22. The summed E-state index contributed by atoms with van der Waals surface area (Å²) in [6.45, 7) is 11.6. The van der Waals surface area contributed by atoms with Crippen molar-refractivity contribution in [3.8, 4) is 0 Å². The second-order valence-corrected chi connectivity index (χ2v) is 5.81. The topological polar surface area (TPSA) is 38.8 Å². The van der Waals surface area contributed by atoms with Crippen molar-refractivity contribution in [1.82, 2.24) is 4.90 Å². The average Bonchev–Trinajstić information content (AvgIpc) is 2.33. The number of hydrogen-bond donors (Lipinski definition) is 0. The summed E-state index contributed by atoms with van der Waals surface area (Å²) in [5, 5.41) is 0. The van der Waals surface area contributed by atoms with Crippen molar-refractivity contribution in [3.05, 3.63) is 0 Å². The smallest absolute Gasteiger partial charge is 0.227 e. The number of amides is 1. The predicted molar refractivity (Wildman–Crippen MR) is 71.5 cm³/mol. The van der Waals surface area contributed by atoms with Gasteiger partial charge < -0.3 is 14.4 Å². The van der Waals surface area contributed by atoms with Crippen LogP contribution in [0.1, 0.15) is 40.5 Å². The molecule has 1 aliphatic heterocycles. The number of nitrogens with zero attached hydrogens (tertiary/aromatic N) is 1. The molecule has 0 saturated carbocycles. The molecule has 4 heteroatoms. The van der Waals surface area contributed by atoms with Crippen LogP contribution >= 0.6 is 0 Å². The van der Waals surface area contributed by atoms with E-state index in [0.29, 0.717) is 13.2 Å². The zero-order chi connectivity index (χ0) is 13.6. The maximum Gasteiger partial charge on any atom is 0.227 e. The van der Waals surface area contributed by atoms with E-state index in [9.17, 15) is 4.79 Å².